The second-order valence-electron chi connectivity index (χ2n) is 12.2. The normalized spacial score (nSPS) is 20.8. The van der Waals surface area contributed by atoms with E-state index < -0.39 is 17.3 Å². The zero-order chi connectivity index (χ0) is 30.6. The molecule has 0 bridgehead atoms. The number of fused-ring (bicyclic) bond motifs is 1. The Morgan fingerprint density at radius 2 is 1.88 bits per heavy atom. The number of nitrogens with zero attached hydrogens (tertiary/aromatic N) is 4. The van der Waals surface area contributed by atoms with Crippen molar-refractivity contribution in [2.75, 3.05) is 32.8 Å². The molecule has 2 N–H and O–H groups in total. The number of aromatic amines is 1. The topological polar surface area (TPSA) is 122 Å². The van der Waals surface area contributed by atoms with Gasteiger partial charge in [0.25, 0.3) is 5.91 Å². The number of rotatable bonds is 9. The maximum Gasteiger partial charge on any atom is 0.308 e. The van der Waals surface area contributed by atoms with E-state index in [1.165, 1.54) is 24.3 Å². The molecule has 2 aliphatic rings. The van der Waals surface area contributed by atoms with Gasteiger partial charge in [-0.1, -0.05) is 6.07 Å². The first-order valence-corrected chi connectivity index (χ1v) is 15.3. The number of hydrogen-bond acceptors (Lipinski definition) is 7. The molecule has 1 saturated carbocycles. The summed E-state index contributed by atoms with van der Waals surface area (Å²) in [6.45, 7) is 8.99. The van der Waals surface area contributed by atoms with Gasteiger partial charge in [-0.25, -0.2) is 9.37 Å². The SMILES string of the molecule is CCOC(=O)[C@H]1CC[C@@H](n2/c(=N/C(=O)c3cccc(F)c3)[nH]c3cnc(OCCN4CCC(C(C)(C)O)CC4)cc32)CC1. The molecule has 43 heavy (non-hydrogen) atoms. The Kier molecular flexibility index (Phi) is 9.61. The van der Waals surface area contributed by atoms with Crippen LogP contribution in [0.3, 0.4) is 0 Å². The molecule has 232 valence electrons. The fourth-order valence-corrected chi connectivity index (χ4v) is 6.30. The van der Waals surface area contributed by atoms with Gasteiger partial charge < -0.3 is 24.1 Å². The Hall–Kier alpha value is -3.57. The standard InChI is InChI=1S/C32H42FN5O5/c1-4-42-30(40)21-8-10-25(11-9-21)38-27-19-28(43-17-16-37-14-12-23(13-15-37)32(2,3)41)34-20-26(27)35-31(38)36-29(39)22-6-5-7-24(33)18-22/h5-7,18-21,23,25,41H,4,8-17H2,1-3H3,(H,35,36,39)/t21-,25+. The molecule has 1 amide bonds. The van der Waals surface area contributed by atoms with Crippen LogP contribution >= 0.6 is 0 Å². The summed E-state index contributed by atoms with van der Waals surface area (Å²) in [5.41, 5.74) is 1.34. The Labute approximate surface area is 250 Å². The van der Waals surface area contributed by atoms with Crippen molar-refractivity contribution < 1.29 is 28.6 Å². The average Bonchev–Trinajstić information content (AvgIpc) is 3.34. The van der Waals surface area contributed by atoms with E-state index >= 15 is 0 Å². The van der Waals surface area contributed by atoms with Crippen LogP contribution in [0.5, 0.6) is 5.88 Å². The van der Waals surface area contributed by atoms with Crippen molar-refractivity contribution in [2.45, 2.75) is 70.9 Å². The molecule has 1 saturated heterocycles. The zero-order valence-corrected chi connectivity index (χ0v) is 25.2. The van der Waals surface area contributed by atoms with Gasteiger partial charge in [-0.05, 0) is 96.5 Å². The molecule has 0 unspecified atom stereocenters. The highest BCUT2D eigenvalue weighted by Gasteiger charge is 2.31. The van der Waals surface area contributed by atoms with Crippen molar-refractivity contribution in [3.63, 3.8) is 0 Å². The first-order valence-electron chi connectivity index (χ1n) is 15.3. The molecule has 0 spiro atoms. The number of imidazole rings is 1. The largest absolute Gasteiger partial charge is 0.476 e. The third-order valence-corrected chi connectivity index (χ3v) is 8.80. The fourth-order valence-electron chi connectivity index (χ4n) is 6.30. The van der Waals surface area contributed by atoms with Gasteiger partial charge in [-0.3, -0.25) is 14.5 Å². The van der Waals surface area contributed by atoms with Gasteiger partial charge >= 0.3 is 5.97 Å². The molecule has 1 aliphatic heterocycles. The van der Waals surface area contributed by atoms with Crippen molar-refractivity contribution in [3.05, 3.63) is 53.5 Å². The lowest BCUT2D eigenvalue weighted by atomic mass is 9.83. The second-order valence-corrected chi connectivity index (χ2v) is 12.2. The van der Waals surface area contributed by atoms with Gasteiger partial charge in [0.2, 0.25) is 11.5 Å². The first kappa shape index (κ1) is 30.9. The Morgan fingerprint density at radius 1 is 1.14 bits per heavy atom. The van der Waals surface area contributed by atoms with E-state index in [0.717, 1.165) is 38.0 Å². The molecule has 11 heteroatoms. The van der Waals surface area contributed by atoms with Crippen molar-refractivity contribution in [1.82, 2.24) is 19.4 Å². The molecule has 1 aromatic carbocycles. The molecule has 2 aromatic heterocycles. The van der Waals surface area contributed by atoms with E-state index in [9.17, 15) is 19.1 Å². The Bertz CT molecular complexity index is 1490. The minimum absolute atomic E-state index is 0.0224. The predicted molar refractivity (Wildman–Crippen MR) is 159 cm³/mol. The summed E-state index contributed by atoms with van der Waals surface area (Å²) in [7, 11) is 0. The van der Waals surface area contributed by atoms with Gasteiger partial charge in [0.05, 0.1) is 35.4 Å². The van der Waals surface area contributed by atoms with Crippen molar-refractivity contribution in [1.29, 1.82) is 0 Å². The van der Waals surface area contributed by atoms with E-state index in [4.69, 9.17) is 9.47 Å². The third-order valence-electron chi connectivity index (χ3n) is 8.80. The number of esters is 1. The Balaban J connectivity index is 1.36. The molecule has 10 nitrogen and oxygen atoms in total. The van der Waals surface area contributed by atoms with Crippen LogP contribution in [0, 0.1) is 17.7 Å². The number of carbonyl (C=O) groups is 2. The van der Waals surface area contributed by atoms with Crippen molar-refractivity contribution in [3.8, 4) is 5.88 Å². The first-order chi connectivity index (χ1) is 20.6. The molecule has 3 heterocycles. The number of amides is 1. The highest BCUT2D eigenvalue weighted by atomic mass is 19.1. The molecular weight excluding hydrogens is 553 g/mol. The lowest BCUT2D eigenvalue weighted by molar-refractivity contribution is -0.149. The summed E-state index contributed by atoms with van der Waals surface area (Å²) in [5.74, 6) is -0.605. The van der Waals surface area contributed by atoms with Gasteiger partial charge in [0, 0.05) is 24.2 Å². The van der Waals surface area contributed by atoms with Crippen molar-refractivity contribution in [2.24, 2.45) is 16.8 Å². The third kappa shape index (κ3) is 7.51. The van der Waals surface area contributed by atoms with Gasteiger partial charge in [0.15, 0.2) is 0 Å². The zero-order valence-electron chi connectivity index (χ0n) is 25.2. The van der Waals surface area contributed by atoms with E-state index in [0.29, 0.717) is 61.8 Å². The number of aromatic nitrogens is 3. The summed E-state index contributed by atoms with van der Waals surface area (Å²) >= 11 is 0. The van der Waals surface area contributed by atoms with E-state index in [-0.39, 0.29) is 23.5 Å². The number of H-pyrrole nitrogens is 1. The highest BCUT2D eigenvalue weighted by molar-refractivity contribution is 5.95. The van der Waals surface area contributed by atoms with Crippen LogP contribution in [0.1, 0.15) is 75.7 Å². The van der Waals surface area contributed by atoms with Crippen LogP contribution in [-0.2, 0) is 9.53 Å². The number of hydrogen-bond donors (Lipinski definition) is 2. The van der Waals surface area contributed by atoms with E-state index in [2.05, 4.69) is 19.9 Å². The van der Waals surface area contributed by atoms with Crippen LogP contribution in [0.15, 0.2) is 41.5 Å². The number of piperidine rings is 1. The number of aliphatic hydroxyl groups is 1. The minimum Gasteiger partial charge on any atom is -0.476 e. The predicted octanol–water partition coefficient (Wildman–Crippen LogP) is 4.40. The van der Waals surface area contributed by atoms with Gasteiger partial charge in [-0.2, -0.15) is 4.99 Å². The number of pyridine rings is 1. The summed E-state index contributed by atoms with van der Waals surface area (Å²) in [4.78, 5) is 39.8. The van der Waals surface area contributed by atoms with Gasteiger partial charge in [0.1, 0.15) is 12.4 Å². The maximum absolute atomic E-state index is 13.8. The van der Waals surface area contributed by atoms with Crippen LogP contribution in [0.25, 0.3) is 11.0 Å². The maximum atomic E-state index is 13.8. The fraction of sp³-hybridized carbons (Fsp3) is 0.562. The molecule has 0 radical (unpaired) electrons. The number of ether oxygens (including phenoxy) is 2. The molecule has 3 aromatic rings. The molecule has 1 aliphatic carbocycles. The van der Waals surface area contributed by atoms with Crippen LogP contribution in [0.4, 0.5) is 4.39 Å². The van der Waals surface area contributed by atoms with E-state index in [1.54, 1.807) is 6.20 Å². The summed E-state index contributed by atoms with van der Waals surface area (Å²) < 4.78 is 27.1. The molecule has 2 fully saturated rings. The number of halogens is 1. The van der Waals surface area contributed by atoms with Gasteiger partial charge in [-0.15, -0.1) is 0 Å². The molecular formula is C32H42FN5O5. The number of carbonyl (C=O) groups excluding carboxylic acids is 2. The number of nitrogens with one attached hydrogen (secondary N) is 1. The lowest BCUT2D eigenvalue weighted by Crippen LogP contribution is -2.43. The average molecular weight is 596 g/mol. The number of likely N-dealkylation sites (tertiary alicyclic amines) is 1. The van der Waals surface area contributed by atoms with Crippen molar-refractivity contribution >= 4 is 22.9 Å². The van der Waals surface area contributed by atoms with Crippen LogP contribution in [-0.4, -0.2) is 74.9 Å². The monoisotopic (exact) mass is 595 g/mol. The molecule has 5 rings (SSSR count). The molecule has 0 atom stereocenters. The minimum atomic E-state index is -0.654. The highest BCUT2D eigenvalue weighted by Crippen LogP contribution is 2.34. The summed E-state index contributed by atoms with van der Waals surface area (Å²) in [6, 6.07) is 7.31. The van der Waals surface area contributed by atoms with Crippen LogP contribution < -0.4 is 10.4 Å². The quantitative estimate of drug-likeness (QED) is 0.352. The summed E-state index contributed by atoms with van der Waals surface area (Å²) in [5, 5.41) is 10.3. The number of benzene rings is 1. The lowest BCUT2D eigenvalue weighted by Gasteiger charge is -2.37. The van der Waals surface area contributed by atoms with Crippen LogP contribution in [0.2, 0.25) is 0 Å². The second kappa shape index (κ2) is 13.4. The Morgan fingerprint density at radius 3 is 2.56 bits per heavy atom. The summed E-state index contributed by atoms with van der Waals surface area (Å²) in [6.07, 6.45) is 6.32. The van der Waals surface area contributed by atoms with E-state index in [1.807, 2.05) is 31.4 Å². The smallest absolute Gasteiger partial charge is 0.308 e.